The van der Waals surface area contributed by atoms with Gasteiger partial charge in [0.25, 0.3) is 5.56 Å². The van der Waals surface area contributed by atoms with Crippen molar-refractivity contribution >= 4 is 12.2 Å². The first-order chi connectivity index (χ1) is 22.2. The van der Waals surface area contributed by atoms with Crippen molar-refractivity contribution in [3.05, 3.63) is 134 Å². The Kier molecular flexibility index (Phi) is 9.71. The number of nitrogens with one attached hydrogen (secondary N) is 2. The molecule has 1 aromatic heterocycles. The summed E-state index contributed by atoms with van der Waals surface area (Å²) in [5, 5.41) is 35.1. The Balaban J connectivity index is 1.64. The van der Waals surface area contributed by atoms with Crippen molar-refractivity contribution in [2.75, 3.05) is 20.8 Å². The molecule has 0 bridgehead atoms. The van der Waals surface area contributed by atoms with Crippen LogP contribution in [0.3, 0.4) is 0 Å². The number of para-hydroxylation sites is 2. The van der Waals surface area contributed by atoms with Crippen LogP contribution in [0.4, 0.5) is 4.79 Å². The standard InChI is InChI=1S/C34H35N3O9/c1-44-26-16-8-6-14-23(26)34(22-12-4-3-5-13-22,24-15-7-9-17-27(24)45-2)30(39)29-25(38)19-28(46-29)37-20-21(31(40)36-32(37)41)11-10-18-35-33(42)43/h3-17,20,25,28-30,35,38-39H,18-19H2,1-2H3,(H,42,43)(H,36,40,41)/b11-10+/t25-,28+,29-,30?/m0/s1. The third-order valence-corrected chi connectivity index (χ3v) is 8.16. The lowest BCUT2D eigenvalue weighted by atomic mass is 9.63. The summed E-state index contributed by atoms with van der Waals surface area (Å²) in [6.07, 6.45) is -2.27. The number of aromatic nitrogens is 2. The zero-order valence-electron chi connectivity index (χ0n) is 25.2. The summed E-state index contributed by atoms with van der Waals surface area (Å²) in [5.41, 5.74) is -0.968. The number of nitrogens with zero attached hydrogens (tertiary/aromatic N) is 1. The van der Waals surface area contributed by atoms with Crippen molar-refractivity contribution in [3.8, 4) is 11.5 Å². The maximum atomic E-state index is 12.9. The Morgan fingerprint density at radius 3 is 2.20 bits per heavy atom. The number of hydrogen-bond acceptors (Lipinski definition) is 8. The fourth-order valence-electron chi connectivity index (χ4n) is 6.13. The maximum absolute atomic E-state index is 12.9. The molecule has 46 heavy (non-hydrogen) atoms. The fraction of sp³-hybridized carbons (Fsp3) is 0.265. The van der Waals surface area contributed by atoms with Crippen molar-refractivity contribution < 1.29 is 34.3 Å². The number of carbonyl (C=O) groups is 1. The highest BCUT2D eigenvalue weighted by Crippen LogP contribution is 2.51. The van der Waals surface area contributed by atoms with Gasteiger partial charge >= 0.3 is 11.8 Å². The molecule has 1 aliphatic rings. The van der Waals surface area contributed by atoms with E-state index in [1.165, 1.54) is 32.6 Å². The SMILES string of the molecule is COc1ccccc1C(c1ccccc1)(c1ccccc1OC)C(O)[C@H]1O[C@@H](n2cc(/C=C/CNC(=O)O)c(=O)[nH]c2=O)C[C@@H]1O. The summed E-state index contributed by atoms with van der Waals surface area (Å²) in [4.78, 5) is 38.4. The minimum absolute atomic E-state index is 0.0612. The summed E-state index contributed by atoms with van der Waals surface area (Å²) in [7, 11) is 3.07. The summed E-state index contributed by atoms with van der Waals surface area (Å²) in [6.45, 7) is -0.0612. The smallest absolute Gasteiger partial charge is 0.404 e. The number of benzene rings is 3. The number of carboxylic acid groups (broad SMARTS) is 1. The molecule has 3 aromatic carbocycles. The quantitative estimate of drug-likeness (QED) is 0.156. The molecule has 0 saturated carbocycles. The zero-order valence-corrected chi connectivity index (χ0v) is 25.2. The van der Waals surface area contributed by atoms with Crippen LogP contribution in [0, 0.1) is 0 Å². The molecule has 12 heteroatoms. The molecule has 240 valence electrons. The van der Waals surface area contributed by atoms with Crippen LogP contribution in [0.5, 0.6) is 11.5 Å². The minimum Gasteiger partial charge on any atom is -0.496 e. The Bertz CT molecular complexity index is 1770. The summed E-state index contributed by atoms with van der Waals surface area (Å²) in [5.74, 6) is 0.956. The number of aromatic amines is 1. The van der Waals surface area contributed by atoms with E-state index in [9.17, 15) is 24.6 Å². The number of H-pyrrole nitrogens is 1. The lowest BCUT2D eigenvalue weighted by Crippen LogP contribution is -2.51. The highest BCUT2D eigenvalue weighted by atomic mass is 16.5. The second kappa shape index (κ2) is 13.9. The van der Waals surface area contributed by atoms with Crippen molar-refractivity contribution in [2.45, 2.75) is 36.4 Å². The molecule has 4 atom stereocenters. The maximum Gasteiger partial charge on any atom is 0.404 e. The summed E-state index contributed by atoms with van der Waals surface area (Å²) in [6, 6.07) is 23.8. The third-order valence-electron chi connectivity index (χ3n) is 8.16. The molecule has 2 heterocycles. The zero-order chi connectivity index (χ0) is 32.8. The number of rotatable bonds is 11. The molecule has 5 N–H and O–H groups in total. The second-order valence-corrected chi connectivity index (χ2v) is 10.7. The second-order valence-electron chi connectivity index (χ2n) is 10.7. The number of methoxy groups -OCH3 is 2. The first-order valence-electron chi connectivity index (χ1n) is 14.5. The highest BCUT2D eigenvalue weighted by Gasteiger charge is 2.54. The van der Waals surface area contributed by atoms with Crippen LogP contribution in [0.25, 0.3) is 6.08 Å². The molecule has 1 unspecified atom stereocenters. The van der Waals surface area contributed by atoms with Crippen LogP contribution in [0.2, 0.25) is 0 Å². The lowest BCUT2D eigenvalue weighted by molar-refractivity contribution is -0.0980. The molecule has 0 aliphatic carbocycles. The molecule has 1 amide bonds. The molecule has 5 rings (SSSR count). The average Bonchev–Trinajstić information content (AvgIpc) is 3.45. The van der Waals surface area contributed by atoms with Crippen LogP contribution in [-0.4, -0.2) is 70.0 Å². The lowest BCUT2D eigenvalue weighted by Gasteiger charge is -2.43. The number of aliphatic hydroxyl groups excluding tert-OH is 2. The Morgan fingerprint density at radius 2 is 1.61 bits per heavy atom. The van der Waals surface area contributed by atoms with E-state index in [4.69, 9.17) is 19.3 Å². The van der Waals surface area contributed by atoms with E-state index >= 15 is 0 Å². The first-order valence-corrected chi connectivity index (χ1v) is 14.5. The Morgan fingerprint density at radius 1 is 1.02 bits per heavy atom. The number of aliphatic hydroxyl groups is 2. The molecule has 12 nitrogen and oxygen atoms in total. The van der Waals surface area contributed by atoms with E-state index in [0.29, 0.717) is 28.2 Å². The molecule has 0 spiro atoms. The van der Waals surface area contributed by atoms with E-state index in [-0.39, 0.29) is 18.5 Å². The van der Waals surface area contributed by atoms with E-state index in [1.54, 1.807) is 12.1 Å². The van der Waals surface area contributed by atoms with Gasteiger partial charge in [0.1, 0.15) is 29.9 Å². The molecule has 1 saturated heterocycles. The monoisotopic (exact) mass is 629 g/mol. The average molecular weight is 630 g/mol. The van der Waals surface area contributed by atoms with Gasteiger partial charge in [0.15, 0.2) is 0 Å². The minimum atomic E-state index is -1.47. The van der Waals surface area contributed by atoms with E-state index in [2.05, 4.69) is 10.3 Å². The number of ether oxygens (including phenoxy) is 3. The van der Waals surface area contributed by atoms with Crippen LogP contribution in [0.15, 0.2) is 101 Å². The van der Waals surface area contributed by atoms with Gasteiger partial charge in [0, 0.05) is 30.3 Å². The van der Waals surface area contributed by atoms with Gasteiger partial charge in [0.2, 0.25) is 0 Å². The van der Waals surface area contributed by atoms with E-state index in [0.717, 1.165) is 4.57 Å². The van der Waals surface area contributed by atoms with Crippen LogP contribution >= 0.6 is 0 Å². The molecule has 0 radical (unpaired) electrons. The Labute approximate surface area is 264 Å². The molecule has 1 fully saturated rings. The van der Waals surface area contributed by atoms with Crippen molar-refractivity contribution in [1.29, 1.82) is 0 Å². The third kappa shape index (κ3) is 6.05. The van der Waals surface area contributed by atoms with Gasteiger partial charge in [-0.3, -0.25) is 14.3 Å². The largest absolute Gasteiger partial charge is 0.496 e. The van der Waals surface area contributed by atoms with Gasteiger partial charge < -0.3 is 34.8 Å². The molecule has 4 aromatic rings. The van der Waals surface area contributed by atoms with Crippen LogP contribution in [0.1, 0.15) is 34.9 Å². The fourth-order valence-corrected chi connectivity index (χ4v) is 6.13. The number of amides is 1. The van der Waals surface area contributed by atoms with Crippen molar-refractivity contribution in [3.63, 3.8) is 0 Å². The predicted molar refractivity (Wildman–Crippen MR) is 169 cm³/mol. The van der Waals surface area contributed by atoms with Crippen molar-refractivity contribution in [1.82, 2.24) is 14.9 Å². The van der Waals surface area contributed by atoms with E-state index in [1.807, 2.05) is 66.7 Å². The van der Waals surface area contributed by atoms with Gasteiger partial charge in [-0.25, -0.2) is 9.59 Å². The number of hydrogen-bond donors (Lipinski definition) is 5. The van der Waals surface area contributed by atoms with Crippen LogP contribution < -0.4 is 26.0 Å². The van der Waals surface area contributed by atoms with Crippen molar-refractivity contribution in [2.24, 2.45) is 0 Å². The van der Waals surface area contributed by atoms with E-state index < -0.39 is 47.3 Å². The molecular formula is C34H35N3O9. The Hall–Kier alpha value is -5.17. The summed E-state index contributed by atoms with van der Waals surface area (Å²) >= 11 is 0. The molecule has 1 aliphatic heterocycles. The van der Waals surface area contributed by atoms with Crippen LogP contribution in [-0.2, 0) is 10.2 Å². The van der Waals surface area contributed by atoms with Gasteiger partial charge in [-0.15, -0.1) is 0 Å². The predicted octanol–water partition coefficient (Wildman–Crippen LogP) is 2.88. The highest BCUT2D eigenvalue weighted by molar-refractivity contribution is 5.65. The van der Waals surface area contributed by atoms with Gasteiger partial charge in [0.05, 0.1) is 31.3 Å². The summed E-state index contributed by atoms with van der Waals surface area (Å²) < 4.78 is 19.1. The normalized spacial score (nSPS) is 18.7. The van der Waals surface area contributed by atoms with Gasteiger partial charge in [-0.05, 0) is 17.7 Å². The van der Waals surface area contributed by atoms with Gasteiger partial charge in [-0.1, -0.05) is 78.9 Å². The topological polar surface area (TPSA) is 172 Å². The molecular weight excluding hydrogens is 594 g/mol. The first kappa shape index (κ1) is 32.2. The van der Waals surface area contributed by atoms with Gasteiger partial charge in [-0.2, -0.15) is 0 Å².